The molecular weight excluding hydrogens is 346 g/mol. The molecule has 27 heavy (non-hydrogen) atoms. The van der Waals surface area contributed by atoms with Crippen LogP contribution in [0.1, 0.15) is 42.1 Å². The Hall–Kier alpha value is -3.35. The van der Waals surface area contributed by atoms with Crippen molar-refractivity contribution in [1.29, 1.82) is 0 Å². The van der Waals surface area contributed by atoms with Crippen LogP contribution in [0.15, 0.2) is 48.5 Å². The van der Waals surface area contributed by atoms with Crippen molar-refractivity contribution in [1.82, 2.24) is 0 Å². The molecule has 0 aliphatic rings. The topological polar surface area (TPSA) is 111 Å². The number of amides is 3. The van der Waals surface area contributed by atoms with Crippen LogP contribution in [-0.4, -0.2) is 24.5 Å². The van der Waals surface area contributed by atoms with Gasteiger partial charge < -0.3 is 21.1 Å². The van der Waals surface area contributed by atoms with E-state index in [1.54, 1.807) is 0 Å². The first kappa shape index (κ1) is 20.0. The van der Waals surface area contributed by atoms with Crippen LogP contribution in [-0.2, 0) is 9.53 Å². The van der Waals surface area contributed by atoms with Gasteiger partial charge in [0.2, 0.25) is 0 Å². The number of rotatable bonds is 7. The molecule has 0 radical (unpaired) electrons. The molecule has 1 unspecified atom stereocenters. The Morgan fingerprint density at radius 3 is 2.33 bits per heavy atom. The second-order valence-corrected chi connectivity index (χ2v) is 6.09. The van der Waals surface area contributed by atoms with E-state index in [0.29, 0.717) is 11.6 Å². The minimum Gasteiger partial charge on any atom is -0.452 e. The maximum Gasteiger partial charge on any atom is 0.338 e. The Morgan fingerprint density at radius 1 is 1.04 bits per heavy atom. The van der Waals surface area contributed by atoms with Crippen molar-refractivity contribution in [3.63, 3.8) is 0 Å². The number of benzene rings is 2. The number of anilines is 2. The molecule has 2 aromatic rings. The summed E-state index contributed by atoms with van der Waals surface area (Å²) in [7, 11) is 0. The summed E-state index contributed by atoms with van der Waals surface area (Å²) in [5.74, 6) is -0.742. The zero-order valence-corrected chi connectivity index (χ0v) is 15.3. The summed E-state index contributed by atoms with van der Waals surface area (Å²) in [6.07, 6.45) is 0.947. The highest BCUT2D eigenvalue weighted by atomic mass is 16.5. The van der Waals surface area contributed by atoms with Gasteiger partial charge in [0.05, 0.1) is 5.56 Å². The van der Waals surface area contributed by atoms with Crippen molar-refractivity contribution >= 4 is 29.3 Å². The number of nitrogens with two attached hydrogens (primary N) is 1. The largest absolute Gasteiger partial charge is 0.452 e. The number of carbonyl (C=O) groups excluding carboxylic acids is 3. The van der Waals surface area contributed by atoms with Crippen LogP contribution >= 0.6 is 0 Å². The van der Waals surface area contributed by atoms with Crippen molar-refractivity contribution in [2.75, 3.05) is 17.2 Å². The number of primary amides is 1. The predicted octanol–water partition coefficient (Wildman–Crippen LogP) is 3.49. The van der Waals surface area contributed by atoms with Crippen LogP contribution in [0.2, 0.25) is 0 Å². The molecule has 2 aromatic carbocycles. The maximum absolute atomic E-state index is 12.1. The number of para-hydroxylation sites is 1. The van der Waals surface area contributed by atoms with E-state index in [4.69, 9.17) is 10.5 Å². The second kappa shape index (κ2) is 9.38. The molecule has 142 valence electrons. The molecule has 2 rings (SSSR count). The molecule has 0 spiro atoms. The molecule has 7 heteroatoms. The van der Waals surface area contributed by atoms with Crippen LogP contribution in [0.4, 0.5) is 16.2 Å². The lowest BCUT2D eigenvalue weighted by molar-refractivity contribution is -0.119. The van der Waals surface area contributed by atoms with Crippen molar-refractivity contribution in [2.45, 2.75) is 26.2 Å². The van der Waals surface area contributed by atoms with Gasteiger partial charge in [-0.3, -0.25) is 4.79 Å². The summed E-state index contributed by atoms with van der Waals surface area (Å²) in [5, 5.41) is 5.18. The molecule has 0 aliphatic carbocycles. The fourth-order valence-electron chi connectivity index (χ4n) is 2.49. The average molecular weight is 369 g/mol. The Kier molecular flexibility index (Phi) is 6.93. The SMILES string of the molecule is CCC(C)c1ccccc1NC(=O)COC(=O)c1ccc(NC(N)=O)cc1. The number of hydrogen-bond donors (Lipinski definition) is 3. The third kappa shape index (κ3) is 5.85. The Bertz CT molecular complexity index is 818. The van der Waals surface area contributed by atoms with Crippen LogP contribution in [0, 0.1) is 0 Å². The van der Waals surface area contributed by atoms with E-state index in [2.05, 4.69) is 24.5 Å². The predicted molar refractivity (Wildman–Crippen MR) is 104 cm³/mol. The maximum atomic E-state index is 12.1. The summed E-state index contributed by atoms with van der Waals surface area (Å²) < 4.78 is 5.05. The van der Waals surface area contributed by atoms with Crippen LogP contribution < -0.4 is 16.4 Å². The molecule has 0 saturated heterocycles. The molecule has 4 N–H and O–H groups in total. The fraction of sp³-hybridized carbons (Fsp3) is 0.250. The van der Waals surface area contributed by atoms with Crippen LogP contribution in [0.3, 0.4) is 0 Å². The lowest BCUT2D eigenvalue weighted by Gasteiger charge is -2.15. The highest BCUT2D eigenvalue weighted by Crippen LogP contribution is 2.26. The number of nitrogens with one attached hydrogen (secondary N) is 2. The number of hydrogen-bond acceptors (Lipinski definition) is 4. The summed E-state index contributed by atoms with van der Waals surface area (Å²) >= 11 is 0. The van der Waals surface area contributed by atoms with Gasteiger partial charge in [-0.2, -0.15) is 0 Å². The highest BCUT2D eigenvalue weighted by Gasteiger charge is 2.13. The van der Waals surface area contributed by atoms with E-state index in [1.165, 1.54) is 24.3 Å². The summed E-state index contributed by atoms with van der Waals surface area (Å²) in [6, 6.07) is 12.9. The normalized spacial score (nSPS) is 11.3. The Morgan fingerprint density at radius 2 is 1.70 bits per heavy atom. The van der Waals surface area contributed by atoms with E-state index in [1.807, 2.05) is 24.3 Å². The summed E-state index contributed by atoms with van der Waals surface area (Å²) in [6.45, 7) is 3.77. The summed E-state index contributed by atoms with van der Waals surface area (Å²) in [4.78, 5) is 35.0. The number of urea groups is 1. The van der Waals surface area contributed by atoms with Crippen molar-refractivity contribution in [3.05, 3.63) is 59.7 Å². The minimum atomic E-state index is -0.695. The minimum absolute atomic E-state index is 0.262. The smallest absolute Gasteiger partial charge is 0.338 e. The molecular formula is C20H23N3O4. The van der Waals surface area contributed by atoms with Gasteiger partial charge in [-0.15, -0.1) is 0 Å². The first-order valence-corrected chi connectivity index (χ1v) is 8.63. The van der Waals surface area contributed by atoms with Crippen molar-refractivity contribution in [2.24, 2.45) is 5.73 Å². The second-order valence-electron chi connectivity index (χ2n) is 6.09. The molecule has 0 aromatic heterocycles. The number of esters is 1. The van der Waals surface area contributed by atoms with Gasteiger partial charge in [-0.05, 0) is 48.2 Å². The quantitative estimate of drug-likeness (QED) is 0.649. The molecule has 1 atom stereocenters. The van der Waals surface area contributed by atoms with Gasteiger partial charge in [-0.25, -0.2) is 9.59 Å². The average Bonchev–Trinajstić information content (AvgIpc) is 2.66. The third-order valence-corrected chi connectivity index (χ3v) is 4.10. The molecule has 0 heterocycles. The fourth-order valence-corrected chi connectivity index (χ4v) is 2.49. The van der Waals surface area contributed by atoms with Crippen LogP contribution in [0.25, 0.3) is 0 Å². The van der Waals surface area contributed by atoms with E-state index in [0.717, 1.165) is 17.7 Å². The molecule has 3 amide bonds. The van der Waals surface area contributed by atoms with Crippen LogP contribution in [0.5, 0.6) is 0 Å². The standard InChI is InChI=1S/C20H23N3O4/c1-3-13(2)16-6-4-5-7-17(16)23-18(24)12-27-19(25)14-8-10-15(11-9-14)22-20(21)26/h4-11,13H,3,12H2,1-2H3,(H,23,24)(H3,21,22,26). The zero-order chi connectivity index (χ0) is 19.8. The molecule has 0 bridgehead atoms. The Labute approximate surface area is 157 Å². The van der Waals surface area contributed by atoms with Gasteiger partial charge in [0.1, 0.15) is 0 Å². The first-order chi connectivity index (χ1) is 12.9. The molecule has 7 nitrogen and oxygen atoms in total. The van der Waals surface area contributed by atoms with Gasteiger partial charge in [0.25, 0.3) is 5.91 Å². The monoisotopic (exact) mass is 369 g/mol. The van der Waals surface area contributed by atoms with Crippen molar-refractivity contribution in [3.8, 4) is 0 Å². The molecule has 0 aliphatic heterocycles. The highest BCUT2D eigenvalue weighted by molar-refractivity contribution is 5.96. The van der Waals surface area contributed by atoms with Gasteiger partial charge in [0.15, 0.2) is 6.61 Å². The van der Waals surface area contributed by atoms with E-state index < -0.39 is 24.5 Å². The Balaban J connectivity index is 1.92. The number of ether oxygens (including phenoxy) is 1. The van der Waals surface area contributed by atoms with Crippen molar-refractivity contribution < 1.29 is 19.1 Å². The summed E-state index contributed by atoms with van der Waals surface area (Å²) in [5.41, 5.74) is 7.49. The van der Waals surface area contributed by atoms with Gasteiger partial charge >= 0.3 is 12.0 Å². The van der Waals surface area contributed by atoms with E-state index in [9.17, 15) is 14.4 Å². The van der Waals surface area contributed by atoms with E-state index >= 15 is 0 Å². The molecule has 0 fully saturated rings. The number of carbonyl (C=O) groups is 3. The lowest BCUT2D eigenvalue weighted by atomic mass is 9.97. The third-order valence-electron chi connectivity index (χ3n) is 4.10. The van der Waals surface area contributed by atoms with Gasteiger partial charge in [0, 0.05) is 11.4 Å². The molecule has 0 saturated carbocycles. The zero-order valence-electron chi connectivity index (χ0n) is 15.3. The first-order valence-electron chi connectivity index (χ1n) is 8.63. The lowest BCUT2D eigenvalue weighted by Crippen LogP contribution is -2.22. The van der Waals surface area contributed by atoms with E-state index in [-0.39, 0.29) is 5.56 Å². The van der Waals surface area contributed by atoms with Gasteiger partial charge in [-0.1, -0.05) is 32.0 Å².